The summed E-state index contributed by atoms with van der Waals surface area (Å²) in [5.74, 6) is 0.738. The minimum Gasteiger partial charge on any atom is -0.467 e. The van der Waals surface area contributed by atoms with Crippen molar-refractivity contribution < 1.29 is 23.8 Å². The van der Waals surface area contributed by atoms with E-state index in [-0.39, 0.29) is 6.61 Å². The van der Waals surface area contributed by atoms with Crippen LogP contribution in [-0.2, 0) is 20.9 Å². The lowest BCUT2D eigenvalue weighted by Gasteiger charge is -2.11. The van der Waals surface area contributed by atoms with E-state index in [9.17, 15) is 5.11 Å². The third kappa shape index (κ3) is 7.09. The van der Waals surface area contributed by atoms with Crippen LogP contribution in [-0.4, -0.2) is 44.7 Å². The number of hydrogen-bond donors (Lipinski definition) is 2. The van der Waals surface area contributed by atoms with Gasteiger partial charge in [0.25, 0.3) is 0 Å². The quantitative estimate of drug-likeness (QED) is 0.457. The number of methoxy groups -OCH3 is 1. The molecule has 0 spiro atoms. The van der Waals surface area contributed by atoms with Gasteiger partial charge >= 0.3 is 0 Å². The first-order valence-corrected chi connectivity index (χ1v) is 5.44. The van der Waals surface area contributed by atoms with E-state index in [1.165, 1.54) is 0 Å². The molecule has 0 aliphatic carbocycles. The largest absolute Gasteiger partial charge is 0.467 e. The van der Waals surface area contributed by atoms with Crippen molar-refractivity contribution in [1.29, 1.82) is 0 Å². The maximum absolute atomic E-state index is 9.50. The first-order chi connectivity index (χ1) is 8.33. The summed E-state index contributed by atoms with van der Waals surface area (Å²) in [7, 11) is 1.60. The highest BCUT2D eigenvalue weighted by molar-refractivity contribution is 4.95. The van der Waals surface area contributed by atoms with Crippen molar-refractivity contribution in [3.63, 3.8) is 0 Å². The summed E-state index contributed by atoms with van der Waals surface area (Å²) in [5, 5.41) is 9.50. The molecule has 0 aromatic carbocycles. The monoisotopic (exact) mass is 245 g/mol. The Labute approximate surface area is 100 Å². The van der Waals surface area contributed by atoms with Crippen LogP contribution in [0.1, 0.15) is 5.76 Å². The average Bonchev–Trinajstić information content (AvgIpc) is 2.82. The minimum absolute atomic E-state index is 0.224. The molecule has 6 heteroatoms. The van der Waals surface area contributed by atoms with Crippen LogP contribution in [0.25, 0.3) is 0 Å². The molecule has 0 aliphatic heterocycles. The number of ether oxygens (including phenoxy) is 2. The van der Waals surface area contributed by atoms with Crippen LogP contribution >= 0.6 is 0 Å². The summed E-state index contributed by atoms with van der Waals surface area (Å²) in [5.41, 5.74) is 2.63. The first kappa shape index (κ1) is 14.1. The molecule has 1 aromatic rings. The molecule has 6 nitrogen and oxygen atoms in total. The van der Waals surface area contributed by atoms with Crippen LogP contribution in [0.2, 0.25) is 0 Å². The van der Waals surface area contributed by atoms with Gasteiger partial charge in [0.2, 0.25) is 0 Å². The normalized spacial score (nSPS) is 12.8. The van der Waals surface area contributed by atoms with Gasteiger partial charge in [0.05, 0.1) is 32.2 Å². The summed E-state index contributed by atoms with van der Waals surface area (Å²) in [6, 6.07) is 3.61. The van der Waals surface area contributed by atoms with Crippen LogP contribution in [0.3, 0.4) is 0 Å². The van der Waals surface area contributed by atoms with E-state index in [2.05, 4.69) is 5.48 Å². The second kappa shape index (κ2) is 9.15. The Kier molecular flexibility index (Phi) is 7.61. The van der Waals surface area contributed by atoms with Crippen molar-refractivity contribution in [3.05, 3.63) is 24.2 Å². The van der Waals surface area contributed by atoms with E-state index in [0.717, 1.165) is 5.76 Å². The molecular formula is C11H19NO5. The number of nitrogens with one attached hydrogen (secondary N) is 1. The van der Waals surface area contributed by atoms with Gasteiger partial charge in [-0.3, -0.25) is 4.84 Å². The summed E-state index contributed by atoms with van der Waals surface area (Å²) in [6.45, 7) is 1.84. The molecule has 98 valence electrons. The zero-order chi connectivity index (χ0) is 12.3. The highest BCUT2D eigenvalue weighted by Crippen LogP contribution is 2.01. The van der Waals surface area contributed by atoms with Crippen molar-refractivity contribution in [3.8, 4) is 0 Å². The number of rotatable bonds is 10. The second-order valence-electron chi connectivity index (χ2n) is 3.44. The average molecular weight is 245 g/mol. The van der Waals surface area contributed by atoms with E-state index in [0.29, 0.717) is 26.4 Å². The molecule has 17 heavy (non-hydrogen) atoms. The molecule has 0 aliphatic rings. The fraction of sp³-hybridized carbons (Fsp3) is 0.636. The van der Waals surface area contributed by atoms with E-state index >= 15 is 0 Å². The number of aliphatic hydroxyl groups is 1. The molecule has 0 radical (unpaired) electrons. The summed E-state index contributed by atoms with van der Waals surface area (Å²) < 4.78 is 15.1. The van der Waals surface area contributed by atoms with Crippen molar-refractivity contribution in [2.75, 3.05) is 33.5 Å². The zero-order valence-electron chi connectivity index (χ0n) is 9.93. The Bertz CT molecular complexity index is 265. The lowest BCUT2D eigenvalue weighted by Crippen LogP contribution is -2.31. The maximum atomic E-state index is 9.50. The van der Waals surface area contributed by atoms with Gasteiger partial charge in [-0.15, -0.1) is 0 Å². The van der Waals surface area contributed by atoms with Crippen LogP contribution in [0, 0.1) is 0 Å². The Morgan fingerprint density at radius 1 is 1.47 bits per heavy atom. The fourth-order valence-corrected chi connectivity index (χ4v) is 1.10. The number of hydrogen-bond acceptors (Lipinski definition) is 6. The van der Waals surface area contributed by atoms with Gasteiger partial charge < -0.3 is 19.0 Å². The summed E-state index contributed by atoms with van der Waals surface area (Å²) in [4.78, 5) is 4.99. The SMILES string of the molecule is COCCONCC(O)COCc1ccco1. The molecule has 1 unspecified atom stereocenters. The van der Waals surface area contributed by atoms with Crippen molar-refractivity contribution in [2.45, 2.75) is 12.7 Å². The molecular weight excluding hydrogens is 226 g/mol. The minimum atomic E-state index is -0.618. The summed E-state index contributed by atoms with van der Waals surface area (Å²) >= 11 is 0. The van der Waals surface area contributed by atoms with Gasteiger partial charge in [0.15, 0.2) is 0 Å². The number of furan rings is 1. The molecule has 1 heterocycles. The number of hydroxylamine groups is 1. The fourth-order valence-electron chi connectivity index (χ4n) is 1.10. The Morgan fingerprint density at radius 3 is 3.06 bits per heavy atom. The molecule has 1 aromatic heterocycles. The molecule has 0 saturated heterocycles. The van der Waals surface area contributed by atoms with Crippen molar-refractivity contribution in [1.82, 2.24) is 5.48 Å². The lowest BCUT2D eigenvalue weighted by atomic mass is 10.4. The molecule has 2 N–H and O–H groups in total. The molecule has 0 fully saturated rings. The third-order valence-electron chi connectivity index (χ3n) is 1.95. The molecule has 0 saturated carbocycles. The van der Waals surface area contributed by atoms with Gasteiger partial charge in [-0.25, -0.2) is 0 Å². The number of aliphatic hydroxyl groups excluding tert-OH is 1. The smallest absolute Gasteiger partial charge is 0.129 e. The second-order valence-corrected chi connectivity index (χ2v) is 3.44. The van der Waals surface area contributed by atoms with Crippen LogP contribution in [0.4, 0.5) is 0 Å². The third-order valence-corrected chi connectivity index (χ3v) is 1.95. The highest BCUT2D eigenvalue weighted by Gasteiger charge is 2.04. The molecule has 0 amide bonds. The van der Waals surface area contributed by atoms with Crippen LogP contribution in [0.15, 0.2) is 22.8 Å². The maximum Gasteiger partial charge on any atom is 0.129 e. The van der Waals surface area contributed by atoms with Gasteiger partial charge in [0, 0.05) is 13.7 Å². The van der Waals surface area contributed by atoms with E-state index in [1.54, 1.807) is 19.4 Å². The van der Waals surface area contributed by atoms with Gasteiger partial charge in [-0.1, -0.05) is 0 Å². The Morgan fingerprint density at radius 2 is 2.35 bits per heavy atom. The highest BCUT2D eigenvalue weighted by atomic mass is 16.7. The van der Waals surface area contributed by atoms with Crippen molar-refractivity contribution >= 4 is 0 Å². The van der Waals surface area contributed by atoms with E-state index in [4.69, 9.17) is 18.7 Å². The van der Waals surface area contributed by atoms with E-state index in [1.807, 2.05) is 6.07 Å². The van der Waals surface area contributed by atoms with Crippen LogP contribution < -0.4 is 5.48 Å². The lowest BCUT2D eigenvalue weighted by molar-refractivity contribution is -0.0326. The predicted molar refractivity (Wildman–Crippen MR) is 60.2 cm³/mol. The van der Waals surface area contributed by atoms with Crippen molar-refractivity contribution in [2.24, 2.45) is 0 Å². The Balaban J connectivity index is 1.92. The van der Waals surface area contributed by atoms with E-state index < -0.39 is 6.10 Å². The van der Waals surface area contributed by atoms with Gasteiger partial charge in [-0.2, -0.15) is 5.48 Å². The molecule has 0 bridgehead atoms. The summed E-state index contributed by atoms with van der Waals surface area (Å²) in [6.07, 6.45) is 0.966. The predicted octanol–water partition coefficient (Wildman–Crippen LogP) is 0.325. The standard InChI is InChI=1S/C11H19NO5/c1-14-5-6-17-12-7-10(13)8-15-9-11-3-2-4-16-11/h2-4,10,12-13H,5-9H2,1H3. The van der Waals surface area contributed by atoms with Crippen LogP contribution in [0.5, 0.6) is 0 Å². The Hall–Kier alpha value is -0.920. The molecule has 1 atom stereocenters. The molecule has 1 rings (SSSR count). The zero-order valence-corrected chi connectivity index (χ0v) is 9.93. The first-order valence-electron chi connectivity index (χ1n) is 5.44. The van der Waals surface area contributed by atoms with Gasteiger partial charge in [0.1, 0.15) is 12.4 Å². The van der Waals surface area contributed by atoms with Gasteiger partial charge in [-0.05, 0) is 12.1 Å². The topological polar surface area (TPSA) is 73.1 Å².